The Bertz CT molecular complexity index is 1370. The van der Waals surface area contributed by atoms with Gasteiger partial charge in [-0.3, -0.25) is 0 Å². The van der Waals surface area contributed by atoms with Crippen molar-refractivity contribution in [2.75, 3.05) is 0 Å². The Balaban J connectivity index is 0.00000114. The zero-order chi connectivity index (χ0) is 20.7. The van der Waals surface area contributed by atoms with E-state index in [9.17, 15) is 0 Å². The van der Waals surface area contributed by atoms with Crippen LogP contribution in [-0.2, 0) is 20.0 Å². The Hall–Kier alpha value is -1.67. The van der Waals surface area contributed by atoms with Gasteiger partial charge in [-0.25, -0.2) is 0 Å². The van der Waals surface area contributed by atoms with Crippen molar-refractivity contribution in [3.05, 3.63) is 106 Å². The van der Waals surface area contributed by atoms with E-state index in [0.717, 1.165) is 7.35 Å². The summed E-state index contributed by atoms with van der Waals surface area (Å²) >= 11 is -2.64. The molecule has 0 bridgehead atoms. The molecule has 2 aliphatic carbocycles. The molecule has 2 atom stereocenters. The van der Waals surface area contributed by atoms with E-state index in [1.165, 1.54) is 41.0 Å². The molecule has 0 spiro atoms. The maximum absolute atomic E-state index is 2.64. The minimum atomic E-state index is -2.64. The summed E-state index contributed by atoms with van der Waals surface area (Å²) in [4.78, 5) is 0. The standard InChI is InChI=1S/2C14H11.C2H4.2ClH.Hf/c2*1-10-8-12-7-6-11-4-2-3-5-13(11)14(12)9-10;1-2;;;/h2*2-9H,1H3;1-2H2;2*1H;/q;;;;;+2/p-2. The summed E-state index contributed by atoms with van der Waals surface area (Å²) in [6.45, 7) is 4.85. The van der Waals surface area contributed by atoms with Crippen LogP contribution in [0.2, 0.25) is 8.35 Å². The Labute approximate surface area is 212 Å². The van der Waals surface area contributed by atoms with E-state index in [1.54, 1.807) is 22.3 Å². The first-order valence-electron chi connectivity index (χ1n) is 11.6. The number of hydrogen-bond acceptors (Lipinski definition) is 0. The molecule has 3 heteroatoms. The fourth-order valence-corrected chi connectivity index (χ4v) is 35.2. The first kappa shape index (κ1) is 23.1. The SMILES string of the molecule is CC1=Cc2c(ccc3ccccc23)[CH]1[Hf+2]1([CH]2C(C)=Cc3c2ccc2ccccc32)[CH2][CH2]1.[Cl-].[Cl-]. The molecule has 7 rings (SSSR count). The largest absolute Gasteiger partial charge is 1.00 e. The van der Waals surface area contributed by atoms with Crippen molar-refractivity contribution in [3.8, 4) is 0 Å². The first-order chi connectivity index (χ1) is 15.2. The van der Waals surface area contributed by atoms with Gasteiger partial charge in [-0.1, -0.05) is 0 Å². The fourth-order valence-electron chi connectivity index (χ4n) is 6.98. The molecule has 0 aromatic heterocycles. The summed E-state index contributed by atoms with van der Waals surface area (Å²) in [5.74, 6) is 0. The van der Waals surface area contributed by atoms with Crippen molar-refractivity contribution in [2.45, 2.75) is 29.6 Å². The predicted molar refractivity (Wildman–Crippen MR) is 130 cm³/mol. The van der Waals surface area contributed by atoms with Crippen LogP contribution in [0.15, 0.2) is 83.9 Å². The van der Waals surface area contributed by atoms with Gasteiger partial charge >= 0.3 is 189 Å². The van der Waals surface area contributed by atoms with Crippen LogP contribution in [0.3, 0.4) is 0 Å². The molecule has 1 fully saturated rings. The molecule has 4 aromatic carbocycles. The van der Waals surface area contributed by atoms with Crippen molar-refractivity contribution in [1.29, 1.82) is 0 Å². The molecule has 33 heavy (non-hydrogen) atoms. The van der Waals surface area contributed by atoms with Gasteiger partial charge in [0.15, 0.2) is 0 Å². The number of fused-ring (bicyclic) bond motifs is 6. The molecule has 0 radical (unpaired) electrons. The Morgan fingerprint density at radius 2 is 1.00 bits per heavy atom. The summed E-state index contributed by atoms with van der Waals surface area (Å²) in [5.41, 5.74) is 9.63. The second-order valence-electron chi connectivity index (χ2n) is 9.96. The molecular weight excluding hydrogens is 610 g/mol. The third-order valence-electron chi connectivity index (χ3n) is 8.26. The second kappa shape index (κ2) is 8.22. The maximum atomic E-state index is 2.54. The van der Waals surface area contributed by atoms with E-state index in [-0.39, 0.29) is 24.8 Å². The van der Waals surface area contributed by atoms with Crippen molar-refractivity contribution >= 4 is 33.7 Å². The van der Waals surface area contributed by atoms with Crippen LogP contribution < -0.4 is 24.8 Å². The fraction of sp³-hybridized carbons (Fsp3) is 0.200. The zero-order valence-corrected chi connectivity index (χ0v) is 24.0. The second-order valence-corrected chi connectivity index (χ2v) is 26.6. The van der Waals surface area contributed by atoms with Gasteiger partial charge in [0, 0.05) is 0 Å². The molecule has 1 heterocycles. The van der Waals surface area contributed by atoms with Gasteiger partial charge in [0.25, 0.3) is 0 Å². The van der Waals surface area contributed by atoms with Crippen molar-refractivity contribution in [3.63, 3.8) is 0 Å². The van der Waals surface area contributed by atoms with E-state index < -0.39 is 20.0 Å². The summed E-state index contributed by atoms with van der Waals surface area (Å²) in [6.07, 6.45) is 5.08. The van der Waals surface area contributed by atoms with Gasteiger partial charge in [0.2, 0.25) is 0 Å². The Morgan fingerprint density at radius 3 is 1.42 bits per heavy atom. The zero-order valence-electron chi connectivity index (χ0n) is 18.9. The van der Waals surface area contributed by atoms with Gasteiger partial charge in [0.05, 0.1) is 0 Å². The normalized spacial score (nSPS) is 20.5. The molecular formula is C30H26Cl2Hf. The maximum Gasteiger partial charge on any atom is -1.00 e. The van der Waals surface area contributed by atoms with Gasteiger partial charge in [-0.2, -0.15) is 0 Å². The minimum Gasteiger partial charge on any atom is -1.00 e. The molecule has 0 amide bonds. The van der Waals surface area contributed by atoms with Crippen LogP contribution in [0.5, 0.6) is 0 Å². The number of rotatable bonds is 2. The smallest absolute Gasteiger partial charge is 1.00 e. The van der Waals surface area contributed by atoms with E-state index in [0.29, 0.717) is 0 Å². The van der Waals surface area contributed by atoms with Crippen LogP contribution >= 0.6 is 0 Å². The topological polar surface area (TPSA) is 0 Å². The number of benzene rings is 4. The van der Waals surface area contributed by atoms with Crippen LogP contribution in [0.1, 0.15) is 43.5 Å². The van der Waals surface area contributed by atoms with Crippen molar-refractivity contribution < 1.29 is 44.8 Å². The molecule has 4 aromatic rings. The third-order valence-corrected chi connectivity index (χ3v) is 28.0. The average molecular weight is 636 g/mol. The van der Waals surface area contributed by atoms with Gasteiger partial charge < -0.3 is 24.8 Å². The molecule has 1 aliphatic heterocycles. The monoisotopic (exact) mass is 636 g/mol. The quantitative estimate of drug-likeness (QED) is 0.298. The third kappa shape index (κ3) is 3.19. The molecule has 3 aliphatic rings. The van der Waals surface area contributed by atoms with Crippen LogP contribution in [0.25, 0.3) is 33.7 Å². The van der Waals surface area contributed by atoms with Gasteiger partial charge in [-0.05, 0) is 0 Å². The van der Waals surface area contributed by atoms with Crippen molar-refractivity contribution in [1.82, 2.24) is 0 Å². The predicted octanol–water partition coefficient (Wildman–Crippen LogP) is 2.62. The van der Waals surface area contributed by atoms with Crippen molar-refractivity contribution in [2.24, 2.45) is 0 Å². The number of allylic oxidation sites excluding steroid dienone is 2. The van der Waals surface area contributed by atoms with Gasteiger partial charge in [0.1, 0.15) is 0 Å². The average Bonchev–Trinajstić information content (AvgIpc) is 3.37. The summed E-state index contributed by atoms with van der Waals surface area (Å²) < 4.78 is 4.57. The minimum absolute atomic E-state index is 0. The van der Waals surface area contributed by atoms with Gasteiger partial charge in [-0.15, -0.1) is 0 Å². The molecule has 1 saturated heterocycles. The Morgan fingerprint density at radius 1 is 0.576 bits per heavy atom. The van der Waals surface area contributed by atoms with Crippen LogP contribution in [0, 0.1) is 0 Å². The number of halogens is 2. The van der Waals surface area contributed by atoms with Crippen LogP contribution in [-0.4, -0.2) is 0 Å². The molecule has 0 N–H and O–H groups in total. The Kier molecular flexibility index (Phi) is 5.75. The van der Waals surface area contributed by atoms with Crippen LogP contribution in [0.4, 0.5) is 0 Å². The van der Waals surface area contributed by atoms with E-state index in [2.05, 4.69) is 98.8 Å². The van der Waals surface area contributed by atoms with E-state index in [1.807, 2.05) is 0 Å². The summed E-state index contributed by atoms with van der Waals surface area (Å²) in [6, 6.07) is 27.6. The van der Waals surface area contributed by atoms with E-state index >= 15 is 0 Å². The summed E-state index contributed by atoms with van der Waals surface area (Å²) in [7, 11) is 0. The van der Waals surface area contributed by atoms with E-state index in [4.69, 9.17) is 0 Å². The summed E-state index contributed by atoms with van der Waals surface area (Å²) in [5, 5.41) is 5.63. The molecule has 0 saturated carbocycles. The first-order valence-corrected chi connectivity index (χ1v) is 20.8. The molecule has 164 valence electrons. The molecule has 0 nitrogen and oxygen atoms in total. The number of hydrogen-bond donors (Lipinski definition) is 0. The molecule has 2 unspecified atom stereocenters.